The second-order valence-corrected chi connectivity index (χ2v) is 6.81. The highest BCUT2D eigenvalue weighted by Gasteiger charge is 2.36. The number of hydrogen-bond acceptors (Lipinski definition) is 5. The molecule has 0 saturated carbocycles. The number of halogens is 1. The van der Waals surface area contributed by atoms with Gasteiger partial charge in [0, 0.05) is 10.0 Å². The number of imide groups is 1. The minimum atomic E-state index is -0.422. The van der Waals surface area contributed by atoms with Crippen LogP contribution in [0.25, 0.3) is 6.08 Å². The molecule has 1 aliphatic rings. The number of nitrogens with zero attached hydrogens (tertiary/aromatic N) is 1. The van der Waals surface area contributed by atoms with Gasteiger partial charge in [-0.15, -0.1) is 0 Å². The number of amides is 2. The Morgan fingerprint density at radius 2 is 1.92 bits per heavy atom. The molecule has 0 atom stereocenters. The fourth-order valence-electron chi connectivity index (χ4n) is 2.27. The Morgan fingerprint density at radius 3 is 2.58 bits per heavy atom. The summed E-state index contributed by atoms with van der Waals surface area (Å²) in [6, 6.07) is 12.0. The number of aromatic hydroxyl groups is 1. The van der Waals surface area contributed by atoms with Crippen LogP contribution >= 0.6 is 27.7 Å². The summed E-state index contributed by atoms with van der Waals surface area (Å²) in [4.78, 5) is 26.1. The summed E-state index contributed by atoms with van der Waals surface area (Å²) in [7, 11) is 1.44. The summed E-state index contributed by atoms with van der Waals surface area (Å²) in [5.74, 6) is -0.236. The largest absolute Gasteiger partial charge is 0.504 e. The van der Waals surface area contributed by atoms with Crippen LogP contribution in [-0.4, -0.2) is 23.4 Å². The standard InChI is InChI=1S/C17H12BrNO4S/c1-23-13-9-11(18)7-10(15(13)20)8-14-16(21)19(17(22)24-14)12-5-3-2-4-6-12/h2-9,20H,1H3/b14-8+. The third kappa shape index (κ3) is 3.05. The number of carbonyl (C=O) groups excluding carboxylic acids is 2. The molecule has 1 N–H and O–H groups in total. The topological polar surface area (TPSA) is 66.8 Å². The van der Waals surface area contributed by atoms with Crippen LogP contribution in [0.15, 0.2) is 51.8 Å². The normalized spacial score (nSPS) is 16.1. The number of rotatable bonds is 3. The molecule has 1 aliphatic heterocycles. The lowest BCUT2D eigenvalue weighted by Crippen LogP contribution is -2.27. The average Bonchev–Trinajstić information content (AvgIpc) is 2.85. The molecular weight excluding hydrogens is 394 g/mol. The molecule has 0 aromatic heterocycles. The van der Waals surface area contributed by atoms with Crippen molar-refractivity contribution in [1.82, 2.24) is 0 Å². The number of hydrogen-bond donors (Lipinski definition) is 1. The predicted octanol–water partition coefficient (Wildman–Crippen LogP) is 4.40. The number of para-hydroxylation sites is 1. The maximum absolute atomic E-state index is 12.6. The van der Waals surface area contributed by atoms with Crippen molar-refractivity contribution in [2.75, 3.05) is 12.0 Å². The first-order valence-corrected chi connectivity index (χ1v) is 8.51. The highest BCUT2D eigenvalue weighted by Crippen LogP contribution is 2.39. The molecule has 1 saturated heterocycles. The number of phenolic OH excluding ortho intramolecular Hbond substituents is 1. The molecule has 1 fully saturated rings. The van der Waals surface area contributed by atoms with E-state index in [1.54, 1.807) is 36.4 Å². The zero-order chi connectivity index (χ0) is 17.3. The van der Waals surface area contributed by atoms with Gasteiger partial charge >= 0.3 is 0 Å². The number of benzene rings is 2. The van der Waals surface area contributed by atoms with Crippen molar-refractivity contribution in [3.8, 4) is 11.5 Å². The van der Waals surface area contributed by atoms with Crippen LogP contribution in [-0.2, 0) is 4.79 Å². The molecule has 2 amide bonds. The highest BCUT2D eigenvalue weighted by molar-refractivity contribution is 9.10. The number of phenols is 1. The fraction of sp³-hybridized carbons (Fsp3) is 0.0588. The summed E-state index contributed by atoms with van der Waals surface area (Å²) in [5, 5.41) is 9.82. The minimum absolute atomic E-state index is 0.0905. The van der Waals surface area contributed by atoms with E-state index in [2.05, 4.69) is 15.9 Å². The first kappa shape index (κ1) is 16.6. The van der Waals surface area contributed by atoms with Crippen LogP contribution in [0.1, 0.15) is 5.56 Å². The lowest BCUT2D eigenvalue weighted by molar-refractivity contribution is -0.113. The monoisotopic (exact) mass is 405 g/mol. The molecule has 122 valence electrons. The number of thioether (sulfide) groups is 1. The van der Waals surface area contributed by atoms with E-state index in [1.807, 2.05) is 6.07 Å². The highest BCUT2D eigenvalue weighted by atomic mass is 79.9. The van der Waals surface area contributed by atoms with Gasteiger partial charge in [-0.3, -0.25) is 9.59 Å². The van der Waals surface area contributed by atoms with Crippen molar-refractivity contribution in [2.24, 2.45) is 0 Å². The van der Waals surface area contributed by atoms with Gasteiger partial charge in [-0.1, -0.05) is 34.1 Å². The summed E-state index contributed by atoms with van der Waals surface area (Å²) < 4.78 is 5.78. The van der Waals surface area contributed by atoms with Gasteiger partial charge in [-0.05, 0) is 42.1 Å². The third-order valence-electron chi connectivity index (χ3n) is 3.38. The SMILES string of the molecule is COc1cc(Br)cc(/C=C2/SC(=O)N(c3ccccc3)C2=O)c1O. The molecule has 0 spiro atoms. The van der Waals surface area contributed by atoms with Crippen molar-refractivity contribution in [1.29, 1.82) is 0 Å². The predicted molar refractivity (Wildman–Crippen MR) is 97.3 cm³/mol. The second-order valence-electron chi connectivity index (χ2n) is 4.90. The van der Waals surface area contributed by atoms with Gasteiger partial charge in [0.05, 0.1) is 17.7 Å². The van der Waals surface area contributed by atoms with Gasteiger partial charge in [0.25, 0.3) is 11.1 Å². The smallest absolute Gasteiger partial charge is 0.298 e. The van der Waals surface area contributed by atoms with Crippen molar-refractivity contribution in [3.05, 3.63) is 57.4 Å². The van der Waals surface area contributed by atoms with Crippen LogP contribution in [0.2, 0.25) is 0 Å². The van der Waals surface area contributed by atoms with E-state index in [0.717, 1.165) is 16.7 Å². The van der Waals surface area contributed by atoms with Gasteiger partial charge < -0.3 is 9.84 Å². The maximum atomic E-state index is 12.6. The van der Waals surface area contributed by atoms with E-state index in [9.17, 15) is 14.7 Å². The van der Waals surface area contributed by atoms with Crippen LogP contribution in [0, 0.1) is 0 Å². The molecule has 7 heteroatoms. The Labute approximate surface area is 151 Å². The molecule has 2 aromatic carbocycles. The van der Waals surface area contributed by atoms with Gasteiger partial charge in [0.15, 0.2) is 11.5 Å². The number of carbonyl (C=O) groups is 2. The quantitative estimate of drug-likeness (QED) is 0.766. The molecule has 5 nitrogen and oxygen atoms in total. The van der Waals surface area contributed by atoms with E-state index < -0.39 is 5.91 Å². The van der Waals surface area contributed by atoms with Gasteiger partial charge in [0.1, 0.15) is 0 Å². The van der Waals surface area contributed by atoms with Crippen LogP contribution < -0.4 is 9.64 Å². The Kier molecular flexibility index (Phi) is 4.64. The summed E-state index contributed by atoms with van der Waals surface area (Å²) in [6.45, 7) is 0. The molecule has 24 heavy (non-hydrogen) atoms. The fourth-order valence-corrected chi connectivity index (χ4v) is 3.56. The first-order chi connectivity index (χ1) is 11.5. The molecular formula is C17H12BrNO4S. The molecule has 0 aliphatic carbocycles. The van der Waals surface area contributed by atoms with E-state index >= 15 is 0 Å². The Morgan fingerprint density at radius 1 is 1.21 bits per heavy atom. The lowest BCUT2D eigenvalue weighted by Gasteiger charge is -2.11. The summed E-state index contributed by atoms with van der Waals surface area (Å²) in [6.07, 6.45) is 1.48. The first-order valence-electron chi connectivity index (χ1n) is 6.91. The second kappa shape index (κ2) is 6.70. The molecule has 2 aromatic rings. The maximum Gasteiger partial charge on any atom is 0.298 e. The zero-order valence-electron chi connectivity index (χ0n) is 12.5. The van der Waals surface area contributed by atoms with Crippen molar-refractivity contribution >= 4 is 50.6 Å². The number of anilines is 1. The molecule has 1 heterocycles. The molecule has 3 rings (SSSR count). The molecule has 0 bridgehead atoms. The van der Waals surface area contributed by atoms with Crippen LogP contribution in [0.4, 0.5) is 10.5 Å². The Hall–Kier alpha value is -2.25. The van der Waals surface area contributed by atoms with Gasteiger partial charge in [-0.25, -0.2) is 4.90 Å². The Bertz CT molecular complexity index is 851. The molecule has 0 radical (unpaired) electrons. The van der Waals surface area contributed by atoms with Crippen LogP contribution in [0.3, 0.4) is 0 Å². The van der Waals surface area contributed by atoms with Crippen LogP contribution in [0.5, 0.6) is 11.5 Å². The zero-order valence-corrected chi connectivity index (χ0v) is 14.9. The summed E-state index contributed by atoms with van der Waals surface area (Å²) in [5.41, 5.74) is 0.902. The van der Waals surface area contributed by atoms with E-state index in [-0.39, 0.29) is 21.6 Å². The summed E-state index contributed by atoms with van der Waals surface area (Å²) >= 11 is 4.15. The minimum Gasteiger partial charge on any atom is -0.504 e. The average molecular weight is 406 g/mol. The lowest BCUT2D eigenvalue weighted by atomic mass is 10.1. The van der Waals surface area contributed by atoms with Crippen molar-refractivity contribution in [2.45, 2.75) is 0 Å². The number of ether oxygens (including phenoxy) is 1. The van der Waals surface area contributed by atoms with Crippen molar-refractivity contribution < 1.29 is 19.4 Å². The van der Waals surface area contributed by atoms with E-state index in [4.69, 9.17) is 4.74 Å². The van der Waals surface area contributed by atoms with Gasteiger partial charge in [0.2, 0.25) is 0 Å². The van der Waals surface area contributed by atoms with E-state index in [1.165, 1.54) is 13.2 Å². The number of methoxy groups -OCH3 is 1. The van der Waals surface area contributed by atoms with Crippen molar-refractivity contribution in [3.63, 3.8) is 0 Å². The van der Waals surface area contributed by atoms with E-state index in [0.29, 0.717) is 15.7 Å². The van der Waals surface area contributed by atoms with Gasteiger partial charge in [-0.2, -0.15) is 0 Å². The molecule has 0 unspecified atom stereocenters. The third-order valence-corrected chi connectivity index (χ3v) is 4.71. The Balaban J connectivity index is 2.00.